The van der Waals surface area contributed by atoms with E-state index in [4.69, 9.17) is 5.73 Å². The van der Waals surface area contributed by atoms with Crippen molar-refractivity contribution in [2.75, 3.05) is 6.54 Å². The highest BCUT2D eigenvalue weighted by Crippen LogP contribution is 2.00. The van der Waals surface area contributed by atoms with Crippen molar-refractivity contribution in [3.05, 3.63) is 11.5 Å². The van der Waals surface area contributed by atoms with Crippen LogP contribution >= 0.6 is 0 Å². The van der Waals surface area contributed by atoms with Gasteiger partial charge in [-0.1, -0.05) is 6.92 Å². The van der Waals surface area contributed by atoms with E-state index >= 15 is 0 Å². The van der Waals surface area contributed by atoms with Crippen molar-refractivity contribution in [1.82, 2.24) is 0 Å². The predicted octanol–water partition coefficient (Wildman–Crippen LogP) is 1.63. The number of hydrogen-bond donors (Lipinski definition) is 1. The van der Waals surface area contributed by atoms with E-state index in [1.165, 1.54) is 6.21 Å². The minimum atomic E-state index is -0.413. The molecular formula is C7H13FN2. The van der Waals surface area contributed by atoms with Crippen LogP contribution in [0.5, 0.6) is 0 Å². The van der Waals surface area contributed by atoms with Gasteiger partial charge in [-0.05, 0) is 13.3 Å². The topological polar surface area (TPSA) is 38.4 Å². The van der Waals surface area contributed by atoms with E-state index in [1.807, 2.05) is 6.92 Å². The third-order valence-corrected chi connectivity index (χ3v) is 1.07. The number of aliphatic imine (C=N–C) groups is 1. The number of nitrogens with zero attached hydrogens (tertiary/aromatic N) is 1. The molecule has 0 bridgehead atoms. The number of allylic oxidation sites excluding steroid dienone is 2. The Kier molecular flexibility index (Phi) is 4.54. The lowest BCUT2D eigenvalue weighted by Crippen LogP contribution is -1.99. The van der Waals surface area contributed by atoms with Gasteiger partial charge in [0.2, 0.25) is 0 Å². The zero-order valence-electron chi connectivity index (χ0n) is 6.39. The molecular weight excluding hydrogens is 131 g/mol. The van der Waals surface area contributed by atoms with E-state index in [-0.39, 0.29) is 5.70 Å². The summed E-state index contributed by atoms with van der Waals surface area (Å²) in [6.45, 7) is 4.23. The van der Waals surface area contributed by atoms with Gasteiger partial charge in [-0.2, -0.15) is 0 Å². The van der Waals surface area contributed by atoms with Gasteiger partial charge in [-0.15, -0.1) is 0 Å². The Morgan fingerprint density at radius 3 is 2.60 bits per heavy atom. The number of nitrogens with two attached hydrogens (primary N) is 1. The van der Waals surface area contributed by atoms with Crippen LogP contribution in [-0.4, -0.2) is 12.8 Å². The molecule has 3 heteroatoms. The van der Waals surface area contributed by atoms with Gasteiger partial charge >= 0.3 is 0 Å². The van der Waals surface area contributed by atoms with Crippen molar-refractivity contribution >= 4 is 6.21 Å². The van der Waals surface area contributed by atoms with Crippen LogP contribution in [-0.2, 0) is 0 Å². The molecule has 0 aliphatic heterocycles. The molecule has 0 aliphatic rings. The van der Waals surface area contributed by atoms with Crippen LogP contribution in [0.3, 0.4) is 0 Å². The van der Waals surface area contributed by atoms with Gasteiger partial charge in [0.25, 0.3) is 0 Å². The first-order valence-corrected chi connectivity index (χ1v) is 3.36. The molecule has 0 aromatic rings. The maximum absolute atomic E-state index is 12.6. The highest BCUT2D eigenvalue weighted by molar-refractivity contribution is 5.76. The fourth-order valence-corrected chi connectivity index (χ4v) is 0.423. The Bertz CT molecular complexity index is 150. The summed E-state index contributed by atoms with van der Waals surface area (Å²) in [5, 5.41) is 0. The minimum Gasteiger partial charge on any atom is -0.400 e. The summed E-state index contributed by atoms with van der Waals surface area (Å²) in [4.78, 5) is 3.70. The van der Waals surface area contributed by atoms with Crippen LogP contribution in [0.1, 0.15) is 20.3 Å². The summed E-state index contributed by atoms with van der Waals surface area (Å²) in [6.07, 6.45) is 1.69. The van der Waals surface area contributed by atoms with Crippen molar-refractivity contribution < 1.29 is 4.39 Å². The van der Waals surface area contributed by atoms with Crippen LogP contribution in [0.15, 0.2) is 16.5 Å². The Morgan fingerprint density at radius 1 is 1.60 bits per heavy atom. The predicted molar refractivity (Wildman–Crippen MR) is 41.6 cm³/mol. The van der Waals surface area contributed by atoms with E-state index in [9.17, 15) is 4.39 Å². The Labute approximate surface area is 60.6 Å². The van der Waals surface area contributed by atoms with Gasteiger partial charge in [-0.3, -0.25) is 4.99 Å². The molecule has 0 radical (unpaired) electrons. The third-order valence-electron chi connectivity index (χ3n) is 1.07. The second kappa shape index (κ2) is 4.97. The number of hydrogen-bond acceptors (Lipinski definition) is 2. The fourth-order valence-electron chi connectivity index (χ4n) is 0.423. The third kappa shape index (κ3) is 3.22. The van der Waals surface area contributed by atoms with Crippen LogP contribution < -0.4 is 5.73 Å². The first kappa shape index (κ1) is 9.14. The molecule has 10 heavy (non-hydrogen) atoms. The van der Waals surface area contributed by atoms with E-state index in [1.54, 1.807) is 6.92 Å². The maximum atomic E-state index is 12.6. The molecule has 2 nitrogen and oxygen atoms in total. The molecule has 0 atom stereocenters. The van der Waals surface area contributed by atoms with Gasteiger partial charge in [0.15, 0.2) is 5.83 Å². The molecule has 0 saturated carbocycles. The zero-order chi connectivity index (χ0) is 7.98. The monoisotopic (exact) mass is 144 g/mol. The largest absolute Gasteiger partial charge is 0.400 e. The molecule has 0 unspecified atom stereocenters. The average Bonchev–Trinajstić information content (AvgIpc) is 1.98. The molecule has 0 saturated heterocycles. The van der Waals surface area contributed by atoms with Crippen molar-refractivity contribution in [2.45, 2.75) is 20.3 Å². The molecule has 0 heterocycles. The van der Waals surface area contributed by atoms with Crippen molar-refractivity contribution in [3.8, 4) is 0 Å². The summed E-state index contributed by atoms with van der Waals surface area (Å²) < 4.78 is 12.6. The lowest BCUT2D eigenvalue weighted by molar-refractivity contribution is 0.664. The average molecular weight is 144 g/mol. The molecule has 58 valence electrons. The summed E-state index contributed by atoms with van der Waals surface area (Å²) in [7, 11) is 0. The van der Waals surface area contributed by atoms with Crippen molar-refractivity contribution in [3.63, 3.8) is 0 Å². The van der Waals surface area contributed by atoms with Gasteiger partial charge in [-0.25, -0.2) is 4.39 Å². The fraction of sp³-hybridized carbons (Fsp3) is 0.571. The normalized spacial score (nSPS) is 13.9. The van der Waals surface area contributed by atoms with E-state index < -0.39 is 5.83 Å². The quantitative estimate of drug-likeness (QED) is 0.600. The van der Waals surface area contributed by atoms with Gasteiger partial charge in [0, 0.05) is 12.2 Å². The molecule has 0 aromatic carbocycles. The summed E-state index contributed by atoms with van der Waals surface area (Å²) in [6, 6.07) is 0. The van der Waals surface area contributed by atoms with Gasteiger partial charge in [0.05, 0.1) is 6.21 Å². The highest BCUT2D eigenvalue weighted by atomic mass is 19.1. The van der Waals surface area contributed by atoms with E-state index in [0.717, 1.165) is 0 Å². The highest BCUT2D eigenvalue weighted by Gasteiger charge is 1.94. The Morgan fingerprint density at radius 2 is 2.20 bits per heavy atom. The second-order valence-corrected chi connectivity index (χ2v) is 1.85. The zero-order valence-corrected chi connectivity index (χ0v) is 6.39. The van der Waals surface area contributed by atoms with Crippen LogP contribution in [0.4, 0.5) is 4.39 Å². The first-order valence-electron chi connectivity index (χ1n) is 3.36. The second-order valence-electron chi connectivity index (χ2n) is 1.85. The summed E-state index contributed by atoms with van der Waals surface area (Å²) >= 11 is 0. The van der Waals surface area contributed by atoms with Crippen LogP contribution in [0, 0.1) is 0 Å². The Balaban J connectivity index is 4.04. The minimum absolute atomic E-state index is 0.261. The lowest BCUT2D eigenvalue weighted by Gasteiger charge is -1.93. The smallest absolute Gasteiger partial charge is 0.159 e. The molecule has 0 fully saturated rings. The van der Waals surface area contributed by atoms with Crippen LogP contribution in [0.25, 0.3) is 0 Å². The number of rotatable bonds is 3. The summed E-state index contributed by atoms with van der Waals surface area (Å²) in [5.74, 6) is -0.413. The van der Waals surface area contributed by atoms with E-state index in [0.29, 0.717) is 13.0 Å². The lowest BCUT2D eigenvalue weighted by atomic mass is 10.3. The molecule has 0 aliphatic carbocycles. The molecule has 0 rings (SSSR count). The maximum Gasteiger partial charge on any atom is 0.159 e. The first-order chi connectivity index (χ1) is 4.72. The summed E-state index contributed by atoms with van der Waals surface area (Å²) in [5.41, 5.74) is 5.53. The Hall–Kier alpha value is -0.860. The van der Waals surface area contributed by atoms with Crippen LogP contribution in [0.2, 0.25) is 0 Å². The molecule has 0 amide bonds. The van der Waals surface area contributed by atoms with E-state index in [2.05, 4.69) is 4.99 Å². The van der Waals surface area contributed by atoms with Crippen molar-refractivity contribution in [1.29, 1.82) is 0 Å². The SMILES string of the molecule is CCN=C/C(F)=C(/N)CC. The molecule has 0 aromatic heterocycles. The standard InChI is InChI=1S/C7H13FN2/c1-3-7(9)6(8)5-10-4-2/h5H,3-4,9H2,1-2H3/b7-6-,10-5?. The molecule has 0 spiro atoms. The molecule has 2 N–H and O–H groups in total. The van der Waals surface area contributed by atoms with Gasteiger partial charge in [0.1, 0.15) is 0 Å². The van der Waals surface area contributed by atoms with Gasteiger partial charge < -0.3 is 5.73 Å². The number of halogens is 1. The van der Waals surface area contributed by atoms with Crippen molar-refractivity contribution in [2.24, 2.45) is 10.7 Å².